The van der Waals surface area contributed by atoms with Crippen LogP contribution in [0.2, 0.25) is 0 Å². The minimum absolute atomic E-state index is 0.127. The number of amides is 1. The molecule has 0 spiro atoms. The summed E-state index contributed by atoms with van der Waals surface area (Å²) in [5.41, 5.74) is 0.349. The van der Waals surface area contributed by atoms with Gasteiger partial charge in [0.1, 0.15) is 0 Å². The van der Waals surface area contributed by atoms with Crippen LogP contribution in [0.1, 0.15) is 52.4 Å². The number of carbonyl (C=O) groups excluding carboxylic acids is 1. The number of hydrogen-bond donors (Lipinski definition) is 1. The number of ether oxygens (including phenoxy) is 1. The van der Waals surface area contributed by atoms with Crippen LogP contribution >= 0.6 is 11.8 Å². The van der Waals surface area contributed by atoms with E-state index in [1.165, 1.54) is 50.3 Å². The topological polar surface area (TPSA) is 72.3 Å². The van der Waals surface area contributed by atoms with E-state index in [1.807, 2.05) is 0 Å². The molecule has 6 rings (SSSR count). The van der Waals surface area contributed by atoms with E-state index < -0.39 is 0 Å². The number of carbonyl (C=O) groups is 1. The lowest BCUT2D eigenvalue weighted by Crippen LogP contribution is -2.56. The number of aromatic nitrogens is 3. The average molecular weight is 434 g/mol. The molecule has 2 heterocycles. The zero-order chi connectivity index (χ0) is 20.7. The van der Waals surface area contributed by atoms with Gasteiger partial charge in [0.15, 0.2) is 5.16 Å². The van der Waals surface area contributed by atoms with Crippen molar-refractivity contribution in [2.75, 3.05) is 37.0 Å². The summed E-state index contributed by atoms with van der Waals surface area (Å²) in [4.78, 5) is 15.0. The number of rotatable bonds is 7. The Morgan fingerprint density at radius 1 is 1.17 bits per heavy atom. The van der Waals surface area contributed by atoms with Crippen LogP contribution in [0.15, 0.2) is 5.16 Å². The molecule has 1 atom stereocenters. The van der Waals surface area contributed by atoms with Crippen molar-refractivity contribution in [3.63, 3.8) is 0 Å². The SMILES string of the molecule is CCn1c(SCC(=O)N[C@H](C)C23CC4CC(CC(C4)C2)C3)nnc1N1CCOCC1. The molecule has 1 saturated heterocycles. The largest absolute Gasteiger partial charge is 0.378 e. The van der Waals surface area contributed by atoms with E-state index in [-0.39, 0.29) is 11.9 Å². The number of thioether (sulfide) groups is 1. The molecule has 166 valence electrons. The van der Waals surface area contributed by atoms with Crippen molar-refractivity contribution in [3.8, 4) is 0 Å². The molecule has 0 unspecified atom stereocenters. The van der Waals surface area contributed by atoms with Crippen molar-refractivity contribution in [1.29, 1.82) is 0 Å². The maximum Gasteiger partial charge on any atom is 0.230 e. The van der Waals surface area contributed by atoms with E-state index in [0.29, 0.717) is 11.2 Å². The van der Waals surface area contributed by atoms with Crippen molar-refractivity contribution in [2.45, 2.75) is 70.1 Å². The second kappa shape index (κ2) is 8.34. The van der Waals surface area contributed by atoms with Crippen LogP contribution in [0.5, 0.6) is 0 Å². The van der Waals surface area contributed by atoms with Crippen molar-refractivity contribution in [1.82, 2.24) is 20.1 Å². The maximum atomic E-state index is 12.8. The Balaban J connectivity index is 1.18. The van der Waals surface area contributed by atoms with Gasteiger partial charge in [-0.25, -0.2) is 0 Å². The zero-order valence-electron chi connectivity index (χ0n) is 18.3. The molecular formula is C22H35N5O2S. The zero-order valence-corrected chi connectivity index (χ0v) is 19.1. The molecule has 5 fully saturated rings. The van der Waals surface area contributed by atoms with Crippen LogP contribution in [0, 0.1) is 23.2 Å². The van der Waals surface area contributed by atoms with E-state index in [4.69, 9.17) is 4.74 Å². The summed E-state index contributed by atoms with van der Waals surface area (Å²) in [6.45, 7) is 8.28. The van der Waals surface area contributed by atoms with E-state index in [9.17, 15) is 4.79 Å². The molecule has 7 nitrogen and oxygen atoms in total. The predicted molar refractivity (Wildman–Crippen MR) is 118 cm³/mol. The van der Waals surface area contributed by atoms with Crippen LogP contribution in [-0.4, -0.2) is 58.8 Å². The van der Waals surface area contributed by atoms with Crippen LogP contribution < -0.4 is 10.2 Å². The number of anilines is 1. The quantitative estimate of drug-likeness (QED) is 0.667. The van der Waals surface area contributed by atoms with Crippen LogP contribution in [-0.2, 0) is 16.1 Å². The second-order valence-corrected chi connectivity index (χ2v) is 10.9. The molecule has 1 aliphatic heterocycles. The first-order valence-corrected chi connectivity index (χ1v) is 12.7. The first-order chi connectivity index (χ1) is 14.6. The molecule has 30 heavy (non-hydrogen) atoms. The summed E-state index contributed by atoms with van der Waals surface area (Å²) in [5, 5.41) is 13.0. The Bertz CT molecular complexity index is 740. The fourth-order valence-electron chi connectivity index (χ4n) is 6.94. The molecule has 5 aliphatic rings. The summed E-state index contributed by atoms with van der Waals surface area (Å²) in [7, 11) is 0. The summed E-state index contributed by atoms with van der Waals surface area (Å²) in [5.74, 6) is 4.15. The van der Waals surface area contributed by atoms with Gasteiger partial charge in [-0.15, -0.1) is 10.2 Å². The number of nitrogens with zero attached hydrogens (tertiary/aromatic N) is 4. The van der Waals surface area contributed by atoms with Gasteiger partial charge >= 0.3 is 0 Å². The van der Waals surface area contributed by atoms with Gasteiger partial charge < -0.3 is 15.0 Å². The highest BCUT2D eigenvalue weighted by Crippen LogP contribution is 2.61. The van der Waals surface area contributed by atoms with Gasteiger partial charge in [-0.1, -0.05) is 11.8 Å². The van der Waals surface area contributed by atoms with Crippen LogP contribution in [0.4, 0.5) is 5.95 Å². The second-order valence-electron chi connectivity index (χ2n) is 9.98. The molecule has 4 aliphatic carbocycles. The van der Waals surface area contributed by atoms with E-state index in [2.05, 4.69) is 38.8 Å². The molecule has 1 N–H and O–H groups in total. The van der Waals surface area contributed by atoms with Crippen molar-refractivity contribution in [2.24, 2.45) is 23.2 Å². The third kappa shape index (κ3) is 3.85. The van der Waals surface area contributed by atoms with Gasteiger partial charge in [-0.2, -0.15) is 0 Å². The standard InChI is InChI=1S/C22H35N5O2S/c1-3-27-20(26-4-6-29-7-5-26)24-25-21(27)30-14-19(28)23-15(2)22-11-16-8-17(12-22)10-18(9-16)13-22/h15-18H,3-14H2,1-2H3,(H,23,28)/t15-,16?,17?,18?,22?/m1/s1. The van der Waals surface area contributed by atoms with Crippen molar-refractivity contribution in [3.05, 3.63) is 0 Å². The Morgan fingerprint density at radius 3 is 2.40 bits per heavy atom. The highest BCUT2D eigenvalue weighted by Gasteiger charge is 2.53. The first kappa shape index (κ1) is 20.6. The lowest BCUT2D eigenvalue weighted by Gasteiger charge is -2.59. The number of nitrogens with one attached hydrogen (secondary N) is 1. The molecule has 1 aromatic rings. The highest BCUT2D eigenvalue weighted by atomic mass is 32.2. The van der Waals surface area contributed by atoms with Gasteiger partial charge in [0.25, 0.3) is 0 Å². The molecule has 0 aromatic carbocycles. The predicted octanol–water partition coefficient (Wildman–Crippen LogP) is 2.95. The third-order valence-electron chi connectivity index (χ3n) is 8.02. The Labute approximate surface area is 183 Å². The molecule has 1 amide bonds. The fraction of sp³-hybridized carbons (Fsp3) is 0.864. The van der Waals surface area contributed by atoms with Gasteiger partial charge in [0.2, 0.25) is 11.9 Å². The third-order valence-corrected chi connectivity index (χ3v) is 8.99. The molecule has 4 saturated carbocycles. The maximum absolute atomic E-state index is 12.8. The lowest BCUT2D eigenvalue weighted by molar-refractivity contribution is -0.123. The fourth-order valence-corrected chi connectivity index (χ4v) is 7.74. The number of morpholine rings is 1. The minimum atomic E-state index is 0.127. The Kier molecular flexibility index (Phi) is 5.73. The molecule has 0 radical (unpaired) electrons. The van der Waals surface area contributed by atoms with Gasteiger partial charge in [0.05, 0.1) is 19.0 Å². The molecule has 4 bridgehead atoms. The molecular weight excluding hydrogens is 398 g/mol. The molecule has 1 aromatic heterocycles. The van der Waals surface area contributed by atoms with Gasteiger partial charge in [0, 0.05) is 25.7 Å². The van der Waals surface area contributed by atoms with Gasteiger partial charge in [-0.3, -0.25) is 9.36 Å². The van der Waals surface area contributed by atoms with Crippen LogP contribution in [0.3, 0.4) is 0 Å². The summed E-state index contributed by atoms with van der Waals surface area (Å²) in [6, 6.07) is 0.270. The highest BCUT2D eigenvalue weighted by molar-refractivity contribution is 7.99. The van der Waals surface area contributed by atoms with Crippen molar-refractivity contribution >= 4 is 23.6 Å². The van der Waals surface area contributed by atoms with E-state index in [1.54, 1.807) is 0 Å². The van der Waals surface area contributed by atoms with Crippen LogP contribution in [0.25, 0.3) is 0 Å². The minimum Gasteiger partial charge on any atom is -0.378 e. The van der Waals surface area contributed by atoms with E-state index >= 15 is 0 Å². The Hall–Kier alpha value is -1.28. The summed E-state index contributed by atoms with van der Waals surface area (Å²) in [6.07, 6.45) is 8.28. The average Bonchev–Trinajstić information content (AvgIpc) is 3.15. The van der Waals surface area contributed by atoms with Gasteiger partial charge in [-0.05, 0) is 75.5 Å². The van der Waals surface area contributed by atoms with Crippen molar-refractivity contribution < 1.29 is 9.53 Å². The van der Waals surface area contributed by atoms with E-state index in [0.717, 1.165) is 61.7 Å². The monoisotopic (exact) mass is 433 g/mol. The lowest BCUT2D eigenvalue weighted by atomic mass is 9.48. The first-order valence-electron chi connectivity index (χ1n) is 11.7. The summed E-state index contributed by atoms with van der Waals surface area (Å²) < 4.78 is 7.56. The normalized spacial score (nSPS) is 33.7. The Morgan fingerprint density at radius 2 is 1.80 bits per heavy atom. The molecule has 8 heteroatoms. The number of hydrogen-bond acceptors (Lipinski definition) is 6. The summed E-state index contributed by atoms with van der Waals surface area (Å²) >= 11 is 1.50. The smallest absolute Gasteiger partial charge is 0.230 e.